The maximum absolute atomic E-state index is 12.7. The fourth-order valence-corrected chi connectivity index (χ4v) is 2.01. The van der Waals surface area contributed by atoms with Gasteiger partial charge in [0.15, 0.2) is 0 Å². The standard InChI is InChI=1S/C11H8BrF2NO2/c1-17-9(16)4-6-2-7(5-15)10(11(13)14)8(12)3-6/h2-3,11H,4H2,1H3. The summed E-state index contributed by atoms with van der Waals surface area (Å²) in [5.41, 5.74) is -0.0564. The van der Waals surface area contributed by atoms with Crippen LogP contribution >= 0.6 is 15.9 Å². The van der Waals surface area contributed by atoms with E-state index in [1.54, 1.807) is 6.07 Å². The molecule has 0 saturated carbocycles. The molecule has 0 spiro atoms. The number of carbonyl (C=O) groups excluding carboxylic acids is 1. The molecule has 0 saturated heterocycles. The Morgan fingerprint density at radius 3 is 2.71 bits per heavy atom. The van der Waals surface area contributed by atoms with E-state index in [1.807, 2.05) is 0 Å². The van der Waals surface area contributed by atoms with Crippen molar-refractivity contribution in [2.45, 2.75) is 12.8 Å². The molecule has 0 bridgehead atoms. The number of nitriles is 1. The average Bonchev–Trinajstić information content (AvgIpc) is 2.27. The van der Waals surface area contributed by atoms with Crippen LogP contribution in [-0.4, -0.2) is 13.1 Å². The number of rotatable bonds is 3. The van der Waals surface area contributed by atoms with Crippen molar-refractivity contribution in [3.05, 3.63) is 33.3 Å². The molecule has 90 valence electrons. The smallest absolute Gasteiger partial charge is 0.309 e. The zero-order valence-corrected chi connectivity index (χ0v) is 10.4. The summed E-state index contributed by atoms with van der Waals surface area (Å²) in [6.07, 6.45) is -2.81. The topological polar surface area (TPSA) is 50.1 Å². The van der Waals surface area contributed by atoms with Gasteiger partial charge in [-0.05, 0) is 17.7 Å². The van der Waals surface area contributed by atoms with Gasteiger partial charge in [-0.15, -0.1) is 0 Å². The highest BCUT2D eigenvalue weighted by atomic mass is 79.9. The molecular weight excluding hydrogens is 296 g/mol. The Balaban J connectivity index is 3.19. The summed E-state index contributed by atoms with van der Waals surface area (Å²) in [6.45, 7) is 0. The van der Waals surface area contributed by atoms with Crippen LogP contribution in [0.4, 0.5) is 8.78 Å². The van der Waals surface area contributed by atoms with Crippen molar-refractivity contribution in [1.82, 2.24) is 0 Å². The van der Waals surface area contributed by atoms with E-state index in [9.17, 15) is 13.6 Å². The molecule has 0 aliphatic rings. The number of methoxy groups -OCH3 is 1. The normalized spacial score (nSPS) is 10.1. The third-order valence-electron chi connectivity index (χ3n) is 2.10. The van der Waals surface area contributed by atoms with Crippen LogP contribution < -0.4 is 0 Å². The van der Waals surface area contributed by atoms with E-state index >= 15 is 0 Å². The molecule has 0 atom stereocenters. The first kappa shape index (κ1) is 13.6. The van der Waals surface area contributed by atoms with Gasteiger partial charge in [-0.1, -0.05) is 15.9 Å². The second-order valence-electron chi connectivity index (χ2n) is 3.20. The lowest BCUT2D eigenvalue weighted by atomic mass is 10.0. The molecule has 17 heavy (non-hydrogen) atoms. The molecule has 3 nitrogen and oxygen atoms in total. The number of benzene rings is 1. The number of halogens is 3. The molecule has 1 rings (SSSR count). The van der Waals surface area contributed by atoms with E-state index in [0.717, 1.165) is 0 Å². The van der Waals surface area contributed by atoms with Crippen molar-refractivity contribution in [3.63, 3.8) is 0 Å². The number of hydrogen-bond acceptors (Lipinski definition) is 3. The summed E-state index contributed by atoms with van der Waals surface area (Å²) in [5.74, 6) is -0.495. The van der Waals surface area contributed by atoms with Crippen LogP contribution in [0.25, 0.3) is 0 Å². The molecule has 0 aliphatic carbocycles. The molecule has 6 heteroatoms. The van der Waals surface area contributed by atoms with Crippen LogP contribution in [0.2, 0.25) is 0 Å². The highest BCUT2D eigenvalue weighted by Gasteiger charge is 2.18. The van der Waals surface area contributed by atoms with E-state index in [0.29, 0.717) is 5.56 Å². The van der Waals surface area contributed by atoms with Crippen molar-refractivity contribution in [2.24, 2.45) is 0 Å². The third-order valence-corrected chi connectivity index (χ3v) is 2.76. The first-order valence-corrected chi connectivity index (χ1v) is 5.36. The molecule has 0 aliphatic heterocycles. The van der Waals surface area contributed by atoms with Crippen molar-refractivity contribution >= 4 is 21.9 Å². The zero-order valence-electron chi connectivity index (χ0n) is 8.84. The number of hydrogen-bond donors (Lipinski definition) is 0. The number of alkyl halides is 2. The van der Waals surface area contributed by atoms with E-state index in [1.165, 1.54) is 19.2 Å². The number of ether oxygens (including phenoxy) is 1. The van der Waals surface area contributed by atoms with Crippen molar-refractivity contribution in [3.8, 4) is 6.07 Å². The summed E-state index contributed by atoms with van der Waals surface area (Å²) in [6, 6.07) is 4.34. The highest BCUT2D eigenvalue weighted by molar-refractivity contribution is 9.10. The molecule has 1 aromatic rings. The Morgan fingerprint density at radius 1 is 1.59 bits per heavy atom. The lowest BCUT2D eigenvalue weighted by Crippen LogP contribution is -2.05. The third kappa shape index (κ3) is 3.24. The lowest BCUT2D eigenvalue weighted by molar-refractivity contribution is -0.139. The molecule has 1 aromatic carbocycles. The monoisotopic (exact) mass is 303 g/mol. The van der Waals surface area contributed by atoms with Crippen LogP contribution in [0.5, 0.6) is 0 Å². The number of carbonyl (C=O) groups is 1. The molecule has 0 fully saturated rings. The quantitative estimate of drug-likeness (QED) is 0.807. The summed E-state index contributed by atoms with van der Waals surface area (Å²) in [7, 11) is 1.23. The summed E-state index contributed by atoms with van der Waals surface area (Å²) >= 11 is 2.97. The molecule has 0 amide bonds. The highest BCUT2D eigenvalue weighted by Crippen LogP contribution is 2.31. The predicted molar refractivity (Wildman–Crippen MR) is 59.5 cm³/mol. The van der Waals surface area contributed by atoms with E-state index < -0.39 is 12.4 Å². The van der Waals surface area contributed by atoms with Crippen LogP contribution in [0.15, 0.2) is 16.6 Å². The van der Waals surface area contributed by atoms with Crippen molar-refractivity contribution in [2.75, 3.05) is 7.11 Å². The van der Waals surface area contributed by atoms with Crippen molar-refractivity contribution in [1.29, 1.82) is 5.26 Å². The van der Waals surface area contributed by atoms with Crippen LogP contribution in [0.1, 0.15) is 23.1 Å². The minimum Gasteiger partial charge on any atom is -0.469 e. The number of esters is 1. The Morgan fingerprint density at radius 2 is 2.24 bits per heavy atom. The minimum absolute atomic E-state index is 0.0622. The van der Waals surface area contributed by atoms with Gasteiger partial charge in [0.2, 0.25) is 0 Å². The van der Waals surface area contributed by atoms with Gasteiger partial charge in [0, 0.05) is 10.0 Å². The van der Waals surface area contributed by atoms with Gasteiger partial charge in [-0.25, -0.2) is 8.78 Å². The van der Waals surface area contributed by atoms with E-state index in [2.05, 4.69) is 20.7 Å². The summed E-state index contributed by atoms with van der Waals surface area (Å²) in [5, 5.41) is 8.79. The fourth-order valence-electron chi connectivity index (χ4n) is 1.33. The maximum Gasteiger partial charge on any atom is 0.309 e. The van der Waals surface area contributed by atoms with Gasteiger partial charge in [-0.2, -0.15) is 5.26 Å². The van der Waals surface area contributed by atoms with Gasteiger partial charge in [-0.3, -0.25) is 4.79 Å². The van der Waals surface area contributed by atoms with E-state index in [-0.39, 0.29) is 22.0 Å². The summed E-state index contributed by atoms with van der Waals surface area (Å²) in [4.78, 5) is 11.0. The first-order chi connectivity index (χ1) is 7.99. The van der Waals surface area contributed by atoms with Crippen LogP contribution in [0, 0.1) is 11.3 Å². The molecule has 0 N–H and O–H groups in total. The van der Waals surface area contributed by atoms with Gasteiger partial charge in [0.1, 0.15) is 0 Å². The molecule has 0 aromatic heterocycles. The van der Waals surface area contributed by atoms with Gasteiger partial charge < -0.3 is 4.74 Å². The number of nitrogens with zero attached hydrogens (tertiary/aromatic N) is 1. The van der Waals surface area contributed by atoms with Crippen LogP contribution in [-0.2, 0) is 16.0 Å². The van der Waals surface area contributed by atoms with Crippen molar-refractivity contribution < 1.29 is 18.3 Å². The summed E-state index contributed by atoms with van der Waals surface area (Å²) < 4.78 is 29.9. The second-order valence-corrected chi connectivity index (χ2v) is 4.06. The second kappa shape index (κ2) is 5.73. The SMILES string of the molecule is COC(=O)Cc1cc(Br)c(C(F)F)c(C#N)c1. The Bertz CT molecular complexity index is 483. The Hall–Kier alpha value is -1.48. The molecular formula is C11H8BrF2NO2. The predicted octanol–water partition coefficient (Wildman–Crippen LogP) is 2.97. The molecule has 0 radical (unpaired) electrons. The maximum atomic E-state index is 12.7. The van der Waals surface area contributed by atoms with Gasteiger partial charge in [0.25, 0.3) is 6.43 Å². The fraction of sp³-hybridized carbons (Fsp3) is 0.273. The Kier molecular flexibility index (Phi) is 4.58. The van der Waals surface area contributed by atoms with E-state index in [4.69, 9.17) is 5.26 Å². The van der Waals surface area contributed by atoms with Crippen LogP contribution in [0.3, 0.4) is 0 Å². The zero-order chi connectivity index (χ0) is 13.0. The largest absolute Gasteiger partial charge is 0.469 e. The lowest BCUT2D eigenvalue weighted by Gasteiger charge is -2.08. The van der Waals surface area contributed by atoms with Gasteiger partial charge >= 0.3 is 5.97 Å². The minimum atomic E-state index is -2.74. The van der Waals surface area contributed by atoms with Gasteiger partial charge in [0.05, 0.1) is 25.2 Å². The molecule has 0 heterocycles. The average molecular weight is 304 g/mol. The molecule has 0 unspecified atom stereocenters. The first-order valence-electron chi connectivity index (χ1n) is 4.57. The Labute approximate surface area is 105 Å².